The van der Waals surface area contributed by atoms with Crippen LogP contribution in [0.1, 0.15) is 24.6 Å². The van der Waals surface area contributed by atoms with Crippen LogP contribution in [0.5, 0.6) is 0 Å². The molecule has 1 atom stereocenters. The van der Waals surface area contributed by atoms with Crippen molar-refractivity contribution in [2.24, 2.45) is 0 Å². The van der Waals surface area contributed by atoms with Crippen molar-refractivity contribution in [1.29, 1.82) is 0 Å². The first-order chi connectivity index (χ1) is 8.43. The van der Waals surface area contributed by atoms with Crippen LogP contribution >= 0.6 is 15.9 Å². The van der Waals surface area contributed by atoms with Crippen LogP contribution in [0.4, 0.5) is 0 Å². The van der Waals surface area contributed by atoms with Crippen molar-refractivity contribution in [2.45, 2.75) is 18.9 Å². The highest BCUT2D eigenvalue weighted by Crippen LogP contribution is 2.33. The van der Waals surface area contributed by atoms with Gasteiger partial charge in [-0.25, -0.2) is 4.98 Å². The fourth-order valence-corrected chi connectivity index (χ4v) is 3.54. The summed E-state index contributed by atoms with van der Waals surface area (Å²) in [5, 5.41) is 0. The highest BCUT2D eigenvalue weighted by Gasteiger charge is 2.37. The maximum absolute atomic E-state index is 12.2. The molecule has 1 aromatic heterocycles. The molecule has 0 radical (unpaired) electrons. The van der Waals surface area contributed by atoms with Gasteiger partial charge >= 0.3 is 0 Å². The molecule has 1 aliphatic rings. The van der Waals surface area contributed by atoms with Gasteiger partial charge in [-0.1, -0.05) is 0 Å². The molecular weight excluding hydrogens is 320 g/mol. The minimum absolute atomic E-state index is 0.210. The van der Waals surface area contributed by atoms with E-state index in [0.29, 0.717) is 16.8 Å². The summed E-state index contributed by atoms with van der Waals surface area (Å²) in [6.45, 7) is 0.531. The first kappa shape index (κ1) is 13.9. The molecule has 8 heteroatoms. The topological polar surface area (TPSA) is 66.4 Å². The molecule has 0 saturated carbocycles. The highest BCUT2D eigenvalue weighted by atomic mass is 79.9. The Bertz CT molecular complexity index is 517. The van der Waals surface area contributed by atoms with E-state index >= 15 is 0 Å². The molecule has 1 aliphatic heterocycles. The highest BCUT2D eigenvalue weighted by molar-refractivity contribution is 9.10. The Morgan fingerprint density at radius 2 is 2.11 bits per heavy atom. The first-order valence-corrected chi connectivity index (χ1v) is 7.78. The summed E-state index contributed by atoms with van der Waals surface area (Å²) in [4.78, 5) is 8.35. The Kier molecular flexibility index (Phi) is 4.00. The van der Waals surface area contributed by atoms with Crippen LogP contribution in [0, 0.1) is 0 Å². The summed E-state index contributed by atoms with van der Waals surface area (Å²) < 4.78 is 27.7. The van der Waals surface area contributed by atoms with E-state index in [0.717, 1.165) is 12.8 Å². The summed E-state index contributed by atoms with van der Waals surface area (Å²) in [6, 6.07) is -0.210. The molecule has 1 unspecified atom stereocenters. The van der Waals surface area contributed by atoms with Gasteiger partial charge in [0.1, 0.15) is 4.60 Å². The minimum atomic E-state index is -3.40. The Morgan fingerprint density at radius 3 is 2.67 bits per heavy atom. The van der Waals surface area contributed by atoms with Gasteiger partial charge in [-0.3, -0.25) is 4.98 Å². The molecule has 2 rings (SSSR count). The lowest BCUT2D eigenvalue weighted by Gasteiger charge is -2.26. The molecule has 1 fully saturated rings. The minimum Gasteiger partial charge on any atom is -0.255 e. The van der Waals surface area contributed by atoms with Gasteiger partial charge < -0.3 is 0 Å². The average molecular weight is 335 g/mol. The molecule has 0 aromatic carbocycles. The van der Waals surface area contributed by atoms with E-state index in [4.69, 9.17) is 0 Å². The Labute approximate surface area is 115 Å². The summed E-state index contributed by atoms with van der Waals surface area (Å²) in [5.41, 5.74) is 0.695. The van der Waals surface area contributed by atoms with E-state index in [1.165, 1.54) is 22.7 Å². The number of hydrogen-bond donors (Lipinski definition) is 0. The zero-order valence-electron chi connectivity index (χ0n) is 10.2. The zero-order chi connectivity index (χ0) is 13.3. The van der Waals surface area contributed by atoms with Crippen molar-refractivity contribution < 1.29 is 8.42 Å². The molecule has 0 amide bonds. The van der Waals surface area contributed by atoms with Crippen LogP contribution in [-0.2, 0) is 10.2 Å². The molecule has 1 aromatic rings. The summed E-state index contributed by atoms with van der Waals surface area (Å²) in [6.07, 6.45) is 4.84. The smallest absolute Gasteiger partial charge is 0.255 e. The van der Waals surface area contributed by atoms with Gasteiger partial charge in [0.25, 0.3) is 10.2 Å². The Morgan fingerprint density at radius 1 is 1.39 bits per heavy atom. The largest absolute Gasteiger partial charge is 0.282 e. The second kappa shape index (κ2) is 5.20. The van der Waals surface area contributed by atoms with Crippen LogP contribution in [0.25, 0.3) is 0 Å². The molecule has 100 valence electrons. The number of rotatable bonds is 3. The van der Waals surface area contributed by atoms with E-state index in [9.17, 15) is 8.42 Å². The summed E-state index contributed by atoms with van der Waals surface area (Å²) in [7, 11) is -0.318. The number of nitrogens with zero attached hydrogens (tertiary/aromatic N) is 4. The lowest BCUT2D eigenvalue weighted by atomic mass is 10.2. The van der Waals surface area contributed by atoms with Crippen LogP contribution in [-0.4, -0.2) is 47.6 Å². The van der Waals surface area contributed by atoms with Crippen LogP contribution in [0.15, 0.2) is 17.0 Å². The van der Waals surface area contributed by atoms with Crippen molar-refractivity contribution >= 4 is 26.1 Å². The van der Waals surface area contributed by atoms with Gasteiger partial charge in [-0.15, -0.1) is 0 Å². The maximum Gasteiger partial charge on any atom is 0.282 e. The van der Waals surface area contributed by atoms with Gasteiger partial charge in [-0.2, -0.15) is 17.0 Å². The molecule has 6 nitrogen and oxygen atoms in total. The van der Waals surface area contributed by atoms with E-state index in [2.05, 4.69) is 25.9 Å². The van der Waals surface area contributed by atoms with Crippen molar-refractivity contribution in [3.05, 3.63) is 22.7 Å². The van der Waals surface area contributed by atoms with E-state index in [1.807, 2.05) is 0 Å². The number of hydrogen-bond acceptors (Lipinski definition) is 4. The molecule has 0 aliphatic carbocycles. The fourth-order valence-electron chi connectivity index (χ4n) is 2.02. The van der Waals surface area contributed by atoms with Crippen LogP contribution < -0.4 is 0 Å². The fraction of sp³-hybridized carbons (Fsp3) is 0.600. The maximum atomic E-state index is 12.2. The lowest BCUT2D eigenvalue weighted by molar-refractivity contribution is 0.357. The molecule has 1 saturated heterocycles. The monoisotopic (exact) mass is 334 g/mol. The third-order valence-corrected chi connectivity index (χ3v) is 5.31. The molecule has 0 bridgehead atoms. The summed E-state index contributed by atoms with van der Waals surface area (Å²) in [5.74, 6) is 0. The normalized spacial score (nSPS) is 21.7. The second-order valence-electron chi connectivity index (χ2n) is 4.32. The van der Waals surface area contributed by atoms with E-state index < -0.39 is 10.2 Å². The van der Waals surface area contributed by atoms with Crippen molar-refractivity contribution in [2.75, 3.05) is 20.6 Å². The third-order valence-electron chi connectivity index (χ3n) is 2.94. The summed E-state index contributed by atoms with van der Waals surface area (Å²) >= 11 is 3.22. The Balaban J connectivity index is 2.31. The molecule has 0 N–H and O–H groups in total. The quantitative estimate of drug-likeness (QED) is 0.832. The lowest BCUT2D eigenvalue weighted by Crippen LogP contribution is -2.39. The predicted octanol–water partition coefficient (Wildman–Crippen LogP) is 1.18. The molecule has 0 spiro atoms. The SMILES string of the molecule is CN(C)S(=O)(=O)N1CCCC1c1cnc(Br)cn1. The average Bonchev–Trinajstić information content (AvgIpc) is 2.79. The van der Waals surface area contributed by atoms with Crippen molar-refractivity contribution in [3.63, 3.8) is 0 Å². The van der Waals surface area contributed by atoms with E-state index in [-0.39, 0.29) is 6.04 Å². The molecule has 18 heavy (non-hydrogen) atoms. The second-order valence-corrected chi connectivity index (χ2v) is 7.23. The van der Waals surface area contributed by atoms with Crippen LogP contribution in [0.2, 0.25) is 0 Å². The standard InChI is InChI=1S/C10H15BrN4O2S/c1-14(2)18(16,17)15-5-3-4-9(15)8-6-13-10(11)7-12-8/h6-7,9H,3-5H2,1-2H3. The molecular formula is C10H15BrN4O2S. The van der Waals surface area contributed by atoms with Crippen molar-refractivity contribution in [1.82, 2.24) is 18.6 Å². The predicted molar refractivity (Wildman–Crippen MR) is 71.0 cm³/mol. The zero-order valence-corrected chi connectivity index (χ0v) is 12.6. The van der Waals surface area contributed by atoms with Crippen molar-refractivity contribution in [3.8, 4) is 0 Å². The van der Waals surface area contributed by atoms with Gasteiger partial charge in [0.15, 0.2) is 0 Å². The molecule has 2 heterocycles. The van der Waals surface area contributed by atoms with Gasteiger partial charge in [-0.05, 0) is 28.8 Å². The Hall–Kier alpha value is -0.570. The van der Waals surface area contributed by atoms with E-state index in [1.54, 1.807) is 12.4 Å². The van der Waals surface area contributed by atoms with Crippen LogP contribution in [0.3, 0.4) is 0 Å². The number of halogens is 1. The third kappa shape index (κ3) is 2.56. The van der Waals surface area contributed by atoms with Gasteiger partial charge in [0, 0.05) is 20.6 Å². The first-order valence-electron chi connectivity index (χ1n) is 5.59. The van der Waals surface area contributed by atoms with Gasteiger partial charge in [0.2, 0.25) is 0 Å². The number of aromatic nitrogens is 2. The van der Waals surface area contributed by atoms with Gasteiger partial charge in [0.05, 0.1) is 24.1 Å².